The van der Waals surface area contributed by atoms with Gasteiger partial charge in [-0.1, -0.05) is 0 Å². The number of aromatic nitrogens is 3. The van der Waals surface area contributed by atoms with Gasteiger partial charge in [0.2, 0.25) is 0 Å². The van der Waals surface area contributed by atoms with Crippen LogP contribution in [-0.4, -0.2) is 65.1 Å². The number of carbonyl (C=O) groups excluding carboxylic acids is 1. The molecule has 0 saturated heterocycles. The lowest BCUT2D eigenvalue weighted by atomic mass is 10.1. The van der Waals surface area contributed by atoms with E-state index in [0.29, 0.717) is 11.4 Å². The average molecular weight is 356 g/mol. The number of ether oxygens (including phenoxy) is 1. The van der Waals surface area contributed by atoms with E-state index >= 15 is 0 Å². The molecule has 2 heterocycles. The van der Waals surface area contributed by atoms with Crippen molar-refractivity contribution in [3.63, 3.8) is 0 Å². The van der Waals surface area contributed by atoms with E-state index < -0.39 is 22.2 Å². The number of aliphatic hydroxyl groups is 1. The SMILES string of the molecule is COC(=O)c1cccn1[C@@H](CO)Cc1cn(S(=O)(=O)N(C)C)cn1. The summed E-state index contributed by atoms with van der Waals surface area (Å²) in [7, 11) is 0.495. The molecule has 2 aromatic rings. The molecule has 10 heteroatoms. The number of esters is 1. The lowest BCUT2D eigenvalue weighted by Crippen LogP contribution is -2.27. The Morgan fingerprint density at radius 1 is 1.46 bits per heavy atom. The van der Waals surface area contributed by atoms with Crippen molar-refractivity contribution in [1.82, 2.24) is 17.8 Å². The molecule has 0 aliphatic heterocycles. The fourth-order valence-electron chi connectivity index (χ4n) is 2.25. The largest absolute Gasteiger partial charge is 0.464 e. The number of aliphatic hydroxyl groups excluding tert-OH is 1. The first-order valence-corrected chi connectivity index (χ1v) is 8.52. The van der Waals surface area contributed by atoms with Crippen LogP contribution in [0.4, 0.5) is 0 Å². The Bertz CT molecular complexity index is 809. The third kappa shape index (κ3) is 3.50. The summed E-state index contributed by atoms with van der Waals surface area (Å²) in [6.07, 6.45) is 4.50. The van der Waals surface area contributed by atoms with Gasteiger partial charge in [0, 0.05) is 32.9 Å². The molecule has 0 radical (unpaired) electrons. The van der Waals surface area contributed by atoms with Crippen molar-refractivity contribution in [2.75, 3.05) is 27.8 Å². The molecule has 0 spiro atoms. The summed E-state index contributed by atoms with van der Waals surface area (Å²) in [5, 5.41) is 9.66. The van der Waals surface area contributed by atoms with Gasteiger partial charge in [0.15, 0.2) is 0 Å². The smallest absolute Gasteiger partial charge is 0.354 e. The van der Waals surface area contributed by atoms with Crippen LogP contribution in [0.2, 0.25) is 0 Å². The molecule has 0 aliphatic rings. The molecule has 1 atom stereocenters. The maximum Gasteiger partial charge on any atom is 0.354 e. The number of carbonyl (C=O) groups is 1. The molecule has 0 bridgehead atoms. The molecule has 2 rings (SSSR count). The van der Waals surface area contributed by atoms with Crippen LogP contribution in [0.1, 0.15) is 22.2 Å². The first-order valence-electron chi connectivity index (χ1n) is 7.13. The molecule has 0 aliphatic carbocycles. The van der Waals surface area contributed by atoms with Gasteiger partial charge < -0.3 is 14.4 Å². The monoisotopic (exact) mass is 356 g/mol. The van der Waals surface area contributed by atoms with Gasteiger partial charge in [0.05, 0.1) is 25.5 Å². The Labute approximate surface area is 140 Å². The number of imidazole rings is 1. The summed E-state index contributed by atoms with van der Waals surface area (Å²) in [5.74, 6) is -0.515. The summed E-state index contributed by atoms with van der Waals surface area (Å²) >= 11 is 0. The molecule has 24 heavy (non-hydrogen) atoms. The highest BCUT2D eigenvalue weighted by Crippen LogP contribution is 2.18. The van der Waals surface area contributed by atoms with Crippen LogP contribution in [0.25, 0.3) is 0 Å². The third-order valence-corrected chi connectivity index (χ3v) is 5.22. The first-order chi connectivity index (χ1) is 11.3. The normalized spacial score (nSPS) is 13.2. The van der Waals surface area contributed by atoms with Gasteiger partial charge in [-0.25, -0.2) is 13.8 Å². The number of hydrogen-bond acceptors (Lipinski definition) is 6. The first kappa shape index (κ1) is 18.2. The van der Waals surface area contributed by atoms with Crippen molar-refractivity contribution in [2.24, 2.45) is 0 Å². The summed E-state index contributed by atoms with van der Waals surface area (Å²) in [5.41, 5.74) is 0.779. The van der Waals surface area contributed by atoms with Crippen molar-refractivity contribution in [3.8, 4) is 0 Å². The van der Waals surface area contributed by atoms with Crippen LogP contribution in [0.15, 0.2) is 30.9 Å². The van der Waals surface area contributed by atoms with Crippen LogP contribution < -0.4 is 0 Å². The van der Waals surface area contributed by atoms with E-state index in [1.54, 1.807) is 22.9 Å². The lowest BCUT2D eigenvalue weighted by Gasteiger charge is -2.18. The summed E-state index contributed by atoms with van der Waals surface area (Å²) < 4.78 is 32.5. The van der Waals surface area contributed by atoms with Gasteiger partial charge in [0.1, 0.15) is 12.0 Å². The quantitative estimate of drug-likeness (QED) is 0.695. The molecule has 0 fully saturated rings. The minimum Gasteiger partial charge on any atom is -0.464 e. The zero-order chi connectivity index (χ0) is 17.9. The Kier molecular flexibility index (Phi) is 5.42. The maximum absolute atomic E-state index is 12.0. The van der Waals surface area contributed by atoms with Crippen LogP contribution in [0.3, 0.4) is 0 Å². The molecule has 1 N–H and O–H groups in total. The second kappa shape index (κ2) is 7.16. The van der Waals surface area contributed by atoms with Gasteiger partial charge in [-0.05, 0) is 12.1 Å². The Morgan fingerprint density at radius 3 is 2.75 bits per heavy atom. The number of rotatable bonds is 7. The molecule has 9 nitrogen and oxygen atoms in total. The van der Waals surface area contributed by atoms with Crippen molar-refractivity contribution >= 4 is 16.2 Å². The topological polar surface area (TPSA) is 107 Å². The molecule has 0 aromatic carbocycles. The number of nitrogens with zero attached hydrogens (tertiary/aromatic N) is 4. The predicted octanol–water partition coefficient (Wildman–Crippen LogP) is -0.0982. The zero-order valence-electron chi connectivity index (χ0n) is 13.7. The minimum atomic E-state index is -3.63. The van der Waals surface area contributed by atoms with E-state index in [9.17, 15) is 18.3 Å². The van der Waals surface area contributed by atoms with Crippen LogP contribution >= 0.6 is 0 Å². The Balaban J connectivity index is 2.25. The second-order valence-corrected chi connectivity index (χ2v) is 7.37. The van der Waals surface area contributed by atoms with Crippen molar-refractivity contribution in [2.45, 2.75) is 12.5 Å². The Hall–Kier alpha value is -2.17. The van der Waals surface area contributed by atoms with Gasteiger partial charge in [-0.15, -0.1) is 0 Å². The van der Waals surface area contributed by atoms with Crippen LogP contribution in [0, 0.1) is 0 Å². The van der Waals surface area contributed by atoms with E-state index in [4.69, 9.17) is 4.74 Å². The summed E-state index contributed by atoms with van der Waals surface area (Å²) in [6, 6.07) is 2.78. The zero-order valence-corrected chi connectivity index (χ0v) is 14.5. The molecule has 0 unspecified atom stereocenters. The summed E-state index contributed by atoms with van der Waals surface area (Å²) in [4.78, 5) is 15.8. The fraction of sp³-hybridized carbons (Fsp3) is 0.429. The Morgan fingerprint density at radius 2 is 2.17 bits per heavy atom. The number of methoxy groups -OCH3 is 1. The predicted molar refractivity (Wildman–Crippen MR) is 85.8 cm³/mol. The highest BCUT2D eigenvalue weighted by atomic mass is 32.2. The molecular formula is C14H20N4O5S. The van der Waals surface area contributed by atoms with Crippen LogP contribution in [0.5, 0.6) is 0 Å². The standard InChI is InChI=1S/C14H20N4O5S/c1-16(2)24(21,22)17-8-11(15-10-17)7-12(9-19)18-6-4-5-13(18)14(20)23-3/h4-6,8,10,12,19H,7,9H2,1-3H3/t12-/m1/s1. The highest BCUT2D eigenvalue weighted by Gasteiger charge is 2.21. The molecule has 0 amide bonds. The fourth-order valence-corrected chi connectivity index (χ4v) is 3.05. The van der Waals surface area contributed by atoms with Crippen molar-refractivity contribution in [3.05, 3.63) is 42.2 Å². The number of hydrogen-bond donors (Lipinski definition) is 1. The minimum absolute atomic E-state index is 0.244. The lowest BCUT2D eigenvalue weighted by molar-refractivity contribution is 0.0583. The van der Waals surface area contributed by atoms with E-state index in [0.717, 1.165) is 8.28 Å². The van der Waals surface area contributed by atoms with E-state index in [1.165, 1.54) is 33.7 Å². The van der Waals surface area contributed by atoms with Gasteiger partial charge in [-0.2, -0.15) is 12.7 Å². The van der Waals surface area contributed by atoms with E-state index in [2.05, 4.69) is 4.98 Å². The van der Waals surface area contributed by atoms with Gasteiger partial charge in [0.25, 0.3) is 0 Å². The van der Waals surface area contributed by atoms with E-state index in [-0.39, 0.29) is 13.0 Å². The maximum atomic E-state index is 12.0. The van der Waals surface area contributed by atoms with Gasteiger partial charge >= 0.3 is 16.2 Å². The highest BCUT2D eigenvalue weighted by molar-refractivity contribution is 7.87. The average Bonchev–Trinajstić information content (AvgIpc) is 3.21. The molecule has 132 valence electrons. The third-order valence-electron chi connectivity index (χ3n) is 3.56. The molecule has 0 saturated carbocycles. The van der Waals surface area contributed by atoms with Crippen molar-refractivity contribution < 1.29 is 23.1 Å². The van der Waals surface area contributed by atoms with Gasteiger partial charge in [-0.3, -0.25) is 0 Å². The summed E-state index contributed by atoms with van der Waals surface area (Å²) in [6.45, 7) is -0.244. The van der Waals surface area contributed by atoms with Crippen LogP contribution in [-0.2, 0) is 21.4 Å². The molecule has 2 aromatic heterocycles. The second-order valence-electron chi connectivity index (χ2n) is 5.32. The van der Waals surface area contributed by atoms with E-state index in [1.807, 2.05) is 0 Å². The van der Waals surface area contributed by atoms with Crippen molar-refractivity contribution in [1.29, 1.82) is 0 Å². The molecular weight excluding hydrogens is 336 g/mol.